The fraction of sp³-hybridized carbons (Fsp3) is 0.400. The lowest BCUT2D eigenvalue weighted by Gasteiger charge is -2.36. The zero-order valence-corrected chi connectivity index (χ0v) is 15.8. The standard InChI is InChI=1S/C20H23N5O2/c1-20(2,3)17-15-9-14(11-23-18(15)27-24-17)19(26)25-8-7-22-12-16(25)13-5-4-6-21-10-13/h4-6,9-11,16,22H,7-8,12H2,1-3H3. The van der Waals surface area contributed by atoms with Crippen molar-refractivity contribution < 1.29 is 9.32 Å². The Morgan fingerprint density at radius 2 is 2.19 bits per heavy atom. The maximum absolute atomic E-state index is 13.3. The molecule has 4 rings (SSSR count). The van der Waals surface area contributed by atoms with Crippen LogP contribution in [0.15, 0.2) is 41.3 Å². The number of hydrogen-bond donors (Lipinski definition) is 1. The van der Waals surface area contributed by atoms with Gasteiger partial charge in [0.15, 0.2) is 0 Å². The van der Waals surface area contributed by atoms with Crippen molar-refractivity contribution in [2.45, 2.75) is 32.2 Å². The van der Waals surface area contributed by atoms with Crippen molar-refractivity contribution in [2.75, 3.05) is 19.6 Å². The van der Waals surface area contributed by atoms with Crippen molar-refractivity contribution in [2.24, 2.45) is 0 Å². The van der Waals surface area contributed by atoms with Crippen LogP contribution in [0.4, 0.5) is 0 Å². The maximum Gasteiger partial charge on any atom is 0.257 e. The Kier molecular flexibility index (Phi) is 4.39. The van der Waals surface area contributed by atoms with Gasteiger partial charge in [-0.2, -0.15) is 0 Å². The summed E-state index contributed by atoms with van der Waals surface area (Å²) < 4.78 is 5.34. The first-order chi connectivity index (χ1) is 12.9. The molecular formula is C20H23N5O2. The van der Waals surface area contributed by atoms with Crippen molar-refractivity contribution in [3.63, 3.8) is 0 Å². The largest absolute Gasteiger partial charge is 0.336 e. The van der Waals surface area contributed by atoms with E-state index in [1.807, 2.05) is 29.3 Å². The molecule has 3 aromatic heterocycles. The Labute approximate surface area is 157 Å². The molecule has 0 spiro atoms. The average molecular weight is 365 g/mol. The number of nitrogens with one attached hydrogen (secondary N) is 1. The maximum atomic E-state index is 13.3. The Balaban J connectivity index is 1.70. The molecule has 7 heteroatoms. The van der Waals surface area contributed by atoms with E-state index in [0.717, 1.165) is 23.2 Å². The van der Waals surface area contributed by atoms with Crippen LogP contribution >= 0.6 is 0 Å². The van der Waals surface area contributed by atoms with Gasteiger partial charge in [0, 0.05) is 43.6 Å². The molecule has 1 amide bonds. The monoisotopic (exact) mass is 365 g/mol. The van der Waals surface area contributed by atoms with E-state index in [1.54, 1.807) is 12.4 Å². The normalized spacial score (nSPS) is 18.0. The summed E-state index contributed by atoms with van der Waals surface area (Å²) in [4.78, 5) is 23.7. The van der Waals surface area contributed by atoms with Crippen LogP contribution in [0, 0.1) is 0 Å². The summed E-state index contributed by atoms with van der Waals surface area (Å²) in [6.07, 6.45) is 5.13. The van der Waals surface area contributed by atoms with Gasteiger partial charge in [-0.15, -0.1) is 0 Å². The van der Waals surface area contributed by atoms with E-state index >= 15 is 0 Å². The van der Waals surface area contributed by atoms with Gasteiger partial charge in [-0.05, 0) is 17.7 Å². The zero-order valence-electron chi connectivity index (χ0n) is 15.8. The van der Waals surface area contributed by atoms with E-state index in [2.05, 4.69) is 41.2 Å². The number of carbonyl (C=O) groups excluding carboxylic acids is 1. The Morgan fingerprint density at radius 3 is 2.93 bits per heavy atom. The lowest BCUT2D eigenvalue weighted by atomic mass is 9.90. The molecular weight excluding hydrogens is 342 g/mol. The number of fused-ring (bicyclic) bond motifs is 1. The number of rotatable bonds is 2. The molecule has 0 aromatic carbocycles. The molecule has 0 aliphatic carbocycles. The van der Waals surface area contributed by atoms with Crippen molar-refractivity contribution in [1.82, 2.24) is 25.3 Å². The molecule has 7 nitrogen and oxygen atoms in total. The topological polar surface area (TPSA) is 84.2 Å². The van der Waals surface area contributed by atoms with Gasteiger partial charge in [-0.3, -0.25) is 9.78 Å². The summed E-state index contributed by atoms with van der Waals surface area (Å²) in [7, 11) is 0. The third-order valence-electron chi connectivity index (χ3n) is 4.86. The minimum Gasteiger partial charge on any atom is -0.336 e. The fourth-order valence-electron chi connectivity index (χ4n) is 3.47. The summed E-state index contributed by atoms with van der Waals surface area (Å²) in [6.45, 7) is 8.28. The first-order valence-electron chi connectivity index (χ1n) is 9.12. The summed E-state index contributed by atoms with van der Waals surface area (Å²) in [6, 6.07) is 5.70. The number of aromatic nitrogens is 3. The first kappa shape index (κ1) is 17.6. The molecule has 3 aromatic rings. The third kappa shape index (κ3) is 3.30. The highest BCUT2D eigenvalue weighted by Gasteiger charge is 2.30. The molecule has 0 bridgehead atoms. The number of nitrogens with zero attached hydrogens (tertiary/aromatic N) is 4. The molecule has 1 N–H and O–H groups in total. The Bertz CT molecular complexity index is 961. The van der Waals surface area contributed by atoms with E-state index in [9.17, 15) is 4.79 Å². The Morgan fingerprint density at radius 1 is 1.33 bits per heavy atom. The molecule has 1 atom stereocenters. The lowest BCUT2D eigenvalue weighted by molar-refractivity contribution is 0.0633. The van der Waals surface area contributed by atoms with Crippen LogP contribution in [0.5, 0.6) is 0 Å². The van der Waals surface area contributed by atoms with Gasteiger partial charge in [0.1, 0.15) is 0 Å². The van der Waals surface area contributed by atoms with Crippen molar-refractivity contribution >= 4 is 17.0 Å². The fourth-order valence-corrected chi connectivity index (χ4v) is 3.47. The van der Waals surface area contributed by atoms with Gasteiger partial charge in [-0.25, -0.2) is 4.98 Å². The highest BCUT2D eigenvalue weighted by Crippen LogP contribution is 2.30. The number of amides is 1. The van der Waals surface area contributed by atoms with Gasteiger partial charge in [0.25, 0.3) is 11.6 Å². The summed E-state index contributed by atoms with van der Waals surface area (Å²) >= 11 is 0. The molecule has 1 fully saturated rings. The molecule has 27 heavy (non-hydrogen) atoms. The van der Waals surface area contributed by atoms with E-state index in [0.29, 0.717) is 24.4 Å². The van der Waals surface area contributed by atoms with E-state index < -0.39 is 0 Å². The number of piperazine rings is 1. The zero-order chi connectivity index (χ0) is 19.0. The molecule has 140 valence electrons. The summed E-state index contributed by atoms with van der Waals surface area (Å²) in [5.74, 6) is -0.0409. The molecule has 1 unspecified atom stereocenters. The molecule has 1 aliphatic heterocycles. The smallest absolute Gasteiger partial charge is 0.257 e. The summed E-state index contributed by atoms with van der Waals surface area (Å²) in [5.41, 5.74) is 2.64. The number of carbonyl (C=O) groups is 1. The summed E-state index contributed by atoms with van der Waals surface area (Å²) in [5, 5.41) is 8.32. The van der Waals surface area contributed by atoms with Crippen LogP contribution in [0.3, 0.4) is 0 Å². The van der Waals surface area contributed by atoms with Crippen LogP contribution in [0.25, 0.3) is 11.1 Å². The average Bonchev–Trinajstić information content (AvgIpc) is 3.12. The quantitative estimate of drug-likeness (QED) is 0.752. The van der Waals surface area contributed by atoms with Crippen molar-refractivity contribution in [3.05, 3.63) is 53.6 Å². The second-order valence-electron chi connectivity index (χ2n) is 7.86. The second-order valence-corrected chi connectivity index (χ2v) is 7.86. The molecule has 1 saturated heterocycles. The van der Waals surface area contributed by atoms with Crippen molar-refractivity contribution in [1.29, 1.82) is 0 Å². The van der Waals surface area contributed by atoms with Gasteiger partial charge in [-0.1, -0.05) is 32.0 Å². The van der Waals surface area contributed by atoms with E-state index in [1.165, 1.54) is 0 Å². The van der Waals surface area contributed by atoms with E-state index in [4.69, 9.17) is 4.52 Å². The molecule has 0 saturated carbocycles. The van der Waals surface area contributed by atoms with Gasteiger partial charge < -0.3 is 14.7 Å². The van der Waals surface area contributed by atoms with Gasteiger partial charge in [0.05, 0.1) is 22.7 Å². The first-order valence-corrected chi connectivity index (χ1v) is 9.12. The predicted molar refractivity (Wildman–Crippen MR) is 101 cm³/mol. The minimum atomic E-state index is -0.193. The third-order valence-corrected chi connectivity index (χ3v) is 4.86. The number of pyridine rings is 2. The van der Waals surface area contributed by atoms with Gasteiger partial charge in [0.2, 0.25) is 0 Å². The minimum absolute atomic E-state index is 0.0409. The van der Waals surface area contributed by atoms with Crippen LogP contribution in [-0.2, 0) is 5.41 Å². The van der Waals surface area contributed by atoms with Crippen LogP contribution in [0.2, 0.25) is 0 Å². The molecule has 4 heterocycles. The van der Waals surface area contributed by atoms with E-state index in [-0.39, 0.29) is 17.4 Å². The predicted octanol–water partition coefficient (Wildman–Crippen LogP) is 2.70. The van der Waals surface area contributed by atoms with Crippen LogP contribution in [0.1, 0.15) is 48.4 Å². The lowest BCUT2D eigenvalue weighted by Crippen LogP contribution is -2.48. The highest BCUT2D eigenvalue weighted by molar-refractivity contribution is 5.97. The van der Waals surface area contributed by atoms with Gasteiger partial charge >= 0.3 is 0 Å². The number of hydrogen-bond acceptors (Lipinski definition) is 6. The molecule has 1 aliphatic rings. The second kappa shape index (κ2) is 6.74. The Hall–Kier alpha value is -2.80. The van der Waals surface area contributed by atoms with Crippen molar-refractivity contribution in [3.8, 4) is 0 Å². The SMILES string of the molecule is CC(C)(C)c1noc2ncc(C(=O)N3CCNCC3c3cccnc3)cc12. The van der Waals surface area contributed by atoms with Crippen LogP contribution in [-0.4, -0.2) is 45.6 Å². The van der Waals surface area contributed by atoms with Crippen LogP contribution < -0.4 is 5.32 Å². The highest BCUT2D eigenvalue weighted by atomic mass is 16.5. The molecule has 0 radical (unpaired) electrons.